The van der Waals surface area contributed by atoms with Gasteiger partial charge in [0.05, 0.1) is 0 Å². The molecule has 0 amide bonds. The Balaban J connectivity index is 2.27. The van der Waals surface area contributed by atoms with Crippen LogP contribution in [0.4, 0.5) is 0 Å². The molecule has 112 valence electrons. The lowest BCUT2D eigenvalue weighted by molar-refractivity contribution is 0.588. The molecule has 0 atom stereocenters. The van der Waals surface area contributed by atoms with Crippen molar-refractivity contribution in [1.29, 1.82) is 0 Å². The predicted molar refractivity (Wildman–Crippen MR) is 90.4 cm³/mol. The van der Waals surface area contributed by atoms with Crippen LogP contribution in [-0.4, -0.2) is 11.0 Å². The highest BCUT2D eigenvalue weighted by atomic mass is 14.9. The van der Waals surface area contributed by atoms with Crippen molar-refractivity contribution in [3.8, 4) is 11.1 Å². The molecule has 0 radical (unpaired) electrons. The molecule has 21 heavy (non-hydrogen) atoms. The van der Waals surface area contributed by atoms with Gasteiger partial charge in [0.15, 0.2) is 0 Å². The first-order chi connectivity index (χ1) is 10.1. The molecule has 1 aromatic carbocycles. The third-order valence-electron chi connectivity index (χ3n) is 3.81. The highest BCUT2D eigenvalue weighted by molar-refractivity contribution is 5.64. The topological polar surface area (TPSA) is 24.9 Å². The SMILES string of the molecule is CCc1ccc(-c2cncc(CNC(C)C)c2)cc1CC. The molecule has 0 aliphatic rings. The molecular formula is C19H26N2. The summed E-state index contributed by atoms with van der Waals surface area (Å²) < 4.78 is 0. The van der Waals surface area contributed by atoms with Crippen LogP contribution >= 0.6 is 0 Å². The van der Waals surface area contributed by atoms with Crippen molar-refractivity contribution in [2.45, 2.75) is 53.1 Å². The molecule has 0 aliphatic carbocycles. The molecular weight excluding hydrogens is 256 g/mol. The molecule has 0 aliphatic heterocycles. The van der Waals surface area contributed by atoms with E-state index < -0.39 is 0 Å². The fraction of sp³-hybridized carbons (Fsp3) is 0.421. The molecule has 2 nitrogen and oxygen atoms in total. The normalized spacial score (nSPS) is 11.1. The van der Waals surface area contributed by atoms with Gasteiger partial charge in [-0.3, -0.25) is 4.98 Å². The van der Waals surface area contributed by atoms with Gasteiger partial charge in [-0.15, -0.1) is 0 Å². The van der Waals surface area contributed by atoms with E-state index in [9.17, 15) is 0 Å². The van der Waals surface area contributed by atoms with E-state index in [-0.39, 0.29) is 0 Å². The number of aromatic nitrogens is 1. The zero-order valence-electron chi connectivity index (χ0n) is 13.6. The van der Waals surface area contributed by atoms with E-state index in [1.165, 1.54) is 27.8 Å². The van der Waals surface area contributed by atoms with E-state index in [1.54, 1.807) is 0 Å². The van der Waals surface area contributed by atoms with Gasteiger partial charge in [-0.1, -0.05) is 45.9 Å². The Kier molecular flexibility index (Phi) is 5.51. The van der Waals surface area contributed by atoms with Crippen LogP contribution in [-0.2, 0) is 19.4 Å². The molecule has 2 rings (SSSR count). The minimum absolute atomic E-state index is 0.490. The van der Waals surface area contributed by atoms with Gasteiger partial charge in [-0.05, 0) is 41.2 Å². The second-order valence-electron chi connectivity index (χ2n) is 5.81. The smallest absolute Gasteiger partial charge is 0.0346 e. The fourth-order valence-corrected chi connectivity index (χ4v) is 2.54. The van der Waals surface area contributed by atoms with Crippen molar-refractivity contribution in [3.05, 3.63) is 53.3 Å². The number of rotatable bonds is 6. The number of hydrogen-bond acceptors (Lipinski definition) is 2. The number of hydrogen-bond donors (Lipinski definition) is 1. The Bertz CT molecular complexity index is 588. The van der Waals surface area contributed by atoms with Crippen molar-refractivity contribution in [3.63, 3.8) is 0 Å². The van der Waals surface area contributed by atoms with Crippen LogP contribution in [0.5, 0.6) is 0 Å². The summed E-state index contributed by atoms with van der Waals surface area (Å²) in [5.74, 6) is 0. The molecule has 2 heteroatoms. The van der Waals surface area contributed by atoms with Crippen molar-refractivity contribution in [2.24, 2.45) is 0 Å². The summed E-state index contributed by atoms with van der Waals surface area (Å²) in [6, 6.07) is 9.52. The molecule has 1 aromatic heterocycles. The predicted octanol–water partition coefficient (Wildman–Crippen LogP) is 4.37. The van der Waals surface area contributed by atoms with Gasteiger partial charge >= 0.3 is 0 Å². The first-order valence-electron chi connectivity index (χ1n) is 7.93. The minimum Gasteiger partial charge on any atom is -0.310 e. The summed E-state index contributed by atoms with van der Waals surface area (Å²) in [6.07, 6.45) is 6.08. The van der Waals surface area contributed by atoms with Crippen LogP contribution in [0.1, 0.15) is 44.4 Å². The Morgan fingerprint density at radius 1 is 0.952 bits per heavy atom. The molecule has 0 saturated carbocycles. The Hall–Kier alpha value is -1.67. The van der Waals surface area contributed by atoms with Gasteiger partial charge in [0, 0.05) is 30.5 Å². The second kappa shape index (κ2) is 7.37. The van der Waals surface area contributed by atoms with Crippen LogP contribution in [0.3, 0.4) is 0 Å². The quantitative estimate of drug-likeness (QED) is 0.851. The summed E-state index contributed by atoms with van der Waals surface area (Å²) >= 11 is 0. The average molecular weight is 282 g/mol. The summed E-state index contributed by atoms with van der Waals surface area (Å²) in [5, 5.41) is 3.44. The van der Waals surface area contributed by atoms with Gasteiger partial charge in [0.25, 0.3) is 0 Å². The van der Waals surface area contributed by atoms with E-state index in [2.05, 4.69) is 62.3 Å². The first kappa shape index (κ1) is 15.7. The maximum absolute atomic E-state index is 4.40. The van der Waals surface area contributed by atoms with Crippen molar-refractivity contribution >= 4 is 0 Å². The molecule has 0 bridgehead atoms. The Morgan fingerprint density at radius 3 is 2.38 bits per heavy atom. The van der Waals surface area contributed by atoms with Crippen molar-refractivity contribution < 1.29 is 0 Å². The summed E-state index contributed by atoms with van der Waals surface area (Å²) in [5.41, 5.74) is 6.60. The molecule has 1 heterocycles. The third kappa shape index (κ3) is 4.15. The van der Waals surface area contributed by atoms with Gasteiger partial charge < -0.3 is 5.32 Å². The van der Waals surface area contributed by atoms with Crippen LogP contribution < -0.4 is 5.32 Å². The monoisotopic (exact) mass is 282 g/mol. The van der Waals surface area contributed by atoms with Gasteiger partial charge in [0.1, 0.15) is 0 Å². The van der Waals surface area contributed by atoms with Crippen LogP contribution in [0, 0.1) is 0 Å². The highest BCUT2D eigenvalue weighted by Crippen LogP contribution is 2.23. The number of nitrogens with zero attached hydrogens (tertiary/aromatic N) is 1. The molecule has 2 aromatic rings. The average Bonchev–Trinajstić information content (AvgIpc) is 2.52. The zero-order valence-corrected chi connectivity index (χ0v) is 13.6. The largest absolute Gasteiger partial charge is 0.310 e. The second-order valence-corrected chi connectivity index (χ2v) is 5.81. The zero-order chi connectivity index (χ0) is 15.2. The maximum Gasteiger partial charge on any atom is 0.0346 e. The molecule has 0 spiro atoms. The fourth-order valence-electron chi connectivity index (χ4n) is 2.54. The standard InChI is InChI=1S/C19H26N2/c1-5-16-7-8-18(10-17(16)6-2)19-9-15(11-20-13-19)12-21-14(3)4/h7-11,13-14,21H,5-6,12H2,1-4H3. The molecule has 0 unspecified atom stereocenters. The van der Waals surface area contributed by atoms with Crippen LogP contribution in [0.25, 0.3) is 11.1 Å². The maximum atomic E-state index is 4.40. The van der Waals surface area contributed by atoms with E-state index in [0.717, 1.165) is 19.4 Å². The lowest BCUT2D eigenvalue weighted by atomic mass is 9.97. The first-order valence-corrected chi connectivity index (χ1v) is 7.93. The van der Waals surface area contributed by atoms with E-state index in [1.807, 2.05) is 12.4 Å². The van der Waals surface area contributed by atoms with Gasteiger partial charge in [-0.2, -0.15) is 0 Å². The van der Waals surface area contributed by atoms with Crippen molar-refractivity contribution in [2.75, 3.05) is 0 Å². The number of pyridine rings is 1. The van der Waals surface area contributed by atoms with Crippen LogP contribution in [0.15, 0.2) is 36.7 Å². The highest BCUT2D eigenvalue weighted by Gasteiger charge is 2.05. The van der Waals surface area contributed by atoms with E-state index in [4.69, 9.17) is 0 Å². The number of aryl methyl sites for hydroxylation is 2. The van der Waals surface area contributed by atoms with E-state index in [0.29, 0.717) is 6.04 Å². The van der Waals surface area contributed by atoms with Gasteiger partial charge in [0.2, 0.25) is 0 Å². The van der Waals surface area contributed by atoms with Crippen LogP contribution in [0.2, 0.25) is 0 Å². The number of nitrogens with one attached hydrogen (secondary N) is 1. The van der Waals surface area contributed by atoms with E-state index >= 15 is 0 Å². The summed E-state index contributed by atoms with van der Waals surface area (Å²) in [6.45, 7) is 9.63. The summed E-state index contributed by atoms with van der Waals surface area (Å²) in [7, 11) is 0. The molecule has 0 fully saturated rings. The third-order valence-corrected chi connectivity index (χ3v) is 3.81. The molecule has 1 N–H and O–H groups in total. The Labute approximate surface area is 128 Å². The van der Waals surface area contributed by atoms with Crippen molar-refractivity contribution in [1.82, 2.24) is 10.3 Å². The molecule has 0 saturated heterocycles. The minimum atomic E-state index is 0.490. The lowest BCUT2D eigenvalue weighted by Crippen LogP contribution is -2.21. The Morgan fingerprint density at radius 2 is 1.71 bits per heavy atom. The van der Waals surface area contributed by atoms with Gasteiger partial charge in [-0.25, -0.2) is 0 Å². The lowest BCUT2D eigenvalue weighted by Gasteiger charge is -2.11. The summed E-state index contributed by atoms with van der Waals surface area (Å²) in [4.78, 5) is 4.40. The number of benzene rings is 1.